The van der Waals surface area contributed by atoms with Crippen molar-refractivity contribution in [3.8, 4) is 5.75 Å². The molecule has 0 aliphatic carbocycles. The number of halogens is 1. The molecular formula is C14H16ClN5O. The second-order valence-corrected chi connectivity index (χ2v) is 5.02. The lowest BCUT2D eigenvalue weighted by atomic mass is 10.3. The number of fused-ring (bicyclic) bond motifs is 1. The number of hydrogen-bond donors (Lipinski definition) is 0. The van der Waals surface area contributed by atoms with Gasteiger partial charge in [-0.1, -0.05) is 6.07 Å². The summed E-state index contributed by atoms with van der Waals surface area (Å²) in [4.78, 5) is 4.59. The van der Waals surface area contributed by atoms with Crippen molar-refractivity contribution in [2.75, 3.05) is 7.11 Å². The average molecular weight is 306 g/mol. The van der Waals surface area contributed by atoms with Gasteiger partial charge in [-0.15, -0.1) is 21.8 Å². The molecule has 2 aromatic heterocycles. The molecule has 0 N–H and O–H groups in total. The van der Waals surface area contributed by atoms with Crippen LogP contribution in [-0.4, -0.2) is 31.4 Å². The van der Waals surface area contributed by atoms with Gasteiger partial charge in [0.1, 0.15) is 29.2 Å². The van der Waals surface area contributed by atoms with Gasteiger partial charge in [-0.2, -0.15) is 0 Å². The fourth-order valence-corrected chi connectivity index (χ4v) is 2.63. The van der Waals surface area contributed by atoms with Crippen molar-refractivity contribution in [2.45, 2.75) is 18.8 Å². The quantitative estimate of drug-likeness (QED) is 0.678. The number of hydrogen-bond acceptors (Lipinski definition) is 4. The third-order valence-corrected chi connectivity index (χ3v) is 3.76. The first-order chi connectivity index (χ1) is 10.2. The maximum absolute atomic E-state index is 6.03. The summed E-state index contributed by atoms with van der Waals surface area (Å²) < 4.78 is 9.39. The van der Waals surface area contributed by atoms with Crippen molar-refractivity contribution in [1.82, 2.24) is 24.3 Å². The minimum absolute atomic E-state index is 0.358. The molecule has 3 aromatic rings. The van der Waals surface area contributed by atoms with Gasteiger partial charge >= 0.3 is 0 Å². The highest BCUT2D eigenvalue weighted by molar-refractivity contribution is 6.16. The first-order valence-corrected chi connectivity index (χ1v) is 7.19. The maximum atomic E-state index is 6.03. The third kappa shape index (κ3) is 2.47. The molecule has 0 aliphatic rings. The second kappa shape index (κ2) is 5.73. The minimum atomic E-state index is 0.358. The Morgan fingerprint density at radius 1 is 1.29 bits per heavy atom. The number of alkyl halides is 1. The Labute approximate surface area is 127 Å². The Bertz CT molecular complexity index is 764. The summed E-state index contributed by atoms with van der Waals surface area (Å²) in [6.07, 6.45) is 2.47. The largest absolute Gasteiger partial charge is 0.494 e. The summed E-state index contributed by atoms with van der Waals surface area (Å²) in [5, 5.41) is 8.00. The van der Waals surface area contributed by atoms with Crippen molar-refractivity contribution < 1.29 is 4.74 Å². The summed E-state index contributed by atoms with van der Waals surface area (Å²) in [5.41, 5.74) is 1.86. The van der Waals surface area contributed by atoms with E-state index in [9.17, 15) is 0 Å². The van der Waals surface area contributed by atoms with Crippen LogP contribution in [-0.2, 0) is 25.9 Å². The summed E-state index contributed by atoms with van der Waals surface area (Å²) in [6.45, 7) is 0.748. The van der Waals surface area contributed by atoms with Crippen LogP contribution in [0, 0.1) is 0 Å². The minimum Gasteiger partial charge on any atom is -0.494 e. The molecule has 3 rings (SSSR count). The summed E-state index contributed by atoms with van der Waals surface area (Å²) in [5.74, 6) is 2.88. The van der Waals surface area contributed by atoms with Crippen molar-refractivity contribution in [2.24, 2.45) is 7.05 Å². The molecule has 0 amide bonds. The Balaban J connectivity index is 1.98. The molecule has 0 saturated heterocycles. The average Bonchev–Trinajstić information content (AvgIpc) is 3.07. The number of ether oxygens (including phenoxy) is 1. The zero-order valence-corrected chi connectivity index (χ0v) is 12.7. The number of aromatic nitrogens is 5. The maximum Gasteiger partial charge on any atom is 0.146 e. The zero-order valence-electron chi connectivity index (χ0n) is 12.0. The van der Waals surface area contributed by atoms with Gasteiger partial charge in [-0.05, 0) is 12.1 Å². The first kappa shape index (κ1) is 13.9. The molecule has 21 heavy (non-hydrogen) atoms. The van der Waals surface area contributed by atoms with Crippen LogP contribution in [0.4, 0.5) is 0 Å². The van der Waals surface area contributed by atoms with Crippen LogP contribution in [0.15, 0.2) is 24.5 Å². The molecule has 0 unspecified atom stereocenters. The van der Waals surface area contributed by atoms with Gasteiger partial charge in [0, 0.05) is 20.0 Å². The molecule has 1 aromatic carbocycles. The number of rotatable bonds is 5. The van der Waals surface area contributed by atoms with Crippen LogP contribution in [0.3, 0.4) is 0 Å². The highest BCUT2D eigenvalue weighted by Gasteiger charge is 2.14. The van der Waals surface area contributed by atoms with Gasteiger partial charge in [0.2, 0.25) is 0 Å². The van der Waals surface area contributed by atoms with E-state index in [1.165, 1.54) is 0 Å². The van der Waals surface area contributed by atoms with E-state index < -0.39 is 0 Å². The van der Waals surface area contributed by atoms with Crippen LogP contribution in [0.5, 0.6) is 5.75 Å². The highest BCUT2D eigenvalue weighted by Crippen LogP contribution is 2.26. The molecule has 110 valence electrons. The predicted molar refractivity (Wildman–Crippen MR) is 80.5 cm³/mol. The fourth-order valence-electron chi connectivity index (χ4n) is 2.43. The van der Waals surface area contributed by atoms with Gasteiger partial charge in [-0.3, -0.25) is 0 Å². The molecule has 0 saturated carbocycles. The van der Waals surface area contributed by atoms with Crippen LogP contribution in [0.1, 0.15) is 11.6 Å². The summed E-state index contributed by atoms with van der Waals surface area (Å²) in [7, 11) is 3.58. The molecule has 7 heteroatoms. The molecule has 0 aliphatic heterocycles. The topological polar surface area (TPSA) is 57.8 Å². The van der Waals surface area contributed by atoms with E-state index in [0.29, 0.717) is 5.88 Å². The SMILES string of the molecule is COc1cccc2c1nc(CCl)n2CCc1nncn1C. The summed E-state index contributed by atoms with van der Waals surface area (Å²) >= 11 is 6.03. The van der Waals surface area contributed by atoms with Crippen molar-refractivity contribution in [3.63, 3.8) is 0 Å². The van der Waals surface area contributed by atoms with Crippen molar-refractivity contribution >= 4 is 22.6 Å². The number of imidazole rings is 1. The summed E-state index contributed by atoms with van der Waals surface area (Å²) in [6, 6.07) is 5.89. The normalized spacial score (nSPS) is 11.2. The molecule has 0 spiro atoms. The first-order valence-electron chi connectivity index (χ1n) is 6.65. The Morgan fingerprint density at radius 3 is 2.81 bits per heavy atom. The lowest BCUT2D eigenvalue weighted by Crippen LogP contribution is -2.08. The van der Waals surface area contributed by atoms with Gasteiger partial charge in [0.15, 0.2) is 0 Å². The van der Waals surface area contributed by atoms with E-state index in [2.05, 4.69) is 19.7 Å². The Hall–Kier alpha value is -2.08. The van der Waals surface area contributed by atoms with Crippen LogP contribution >= 0.6 is 11.6 Å². The smallest absolute Gasteiger partial charge is 0.146 e. The lowest BCUT2D eigenvalue weighted by Gasteiger charge is -2.07. The number of benzene rings is 1. The van der Waals surface area contributed by atoms with E-state index in [-0.39, 0.29) is 0 Å². The van der Waals surface area contributed by atoms with Crippen LogP contribution in [0.2, 0.25) is 0 Å². The molecule has 0 fully saturated rings. The van der Waals surface area contributed by atoms with E-state index in [1.54, 1.807) is 13.4 Å². The van der Waals surface area contributed by atoms with Crippen LogP contribution in [0.25, 0.3) is 11.0 Å². The Morgan fingerprint density at radius 2 is 2.14 bits per heavy atom. The molecule has 0 atom stereocenters. The van der Waals surface area contributed by atoms with E-state index >= 15 is 0 Å². The van der Waals surface area contributed by atoms with E-state index in [1.807, 2.05) is 29.8 Å². The van der Waals surface area contributed by atoms with Crippen LogP contribution < -0.4 is 4.74 Å². The number of nitrogens with zero attached hydrogens (tertiary/aromatic N) is 5. The third-order valence-electron chi connectivity index (χ3n) is 3.52. The number of methoxy groups -OCH3 is 1. The predicted octanol–water partition coefficient (Wildman–Crippen LogP) is 2.15. The van der Waals surface area contributed by atoms with Gasteiger partial charge in [0.25, 0.3) is 0 Å². The zero-order chi connectivity index (χ0) is 14.8. The molecule has 2 heterocycles. The van der Waals surface area contributed by atoms with Crippen molar-refractivity contribution in [1.29, 1.82) is 0 Å². The highest BCUT2D eigenvalue weighted by atomic mass is 35.5. The molecule has 0 bridgehead atoms. The van der Waals surface area contributed by atoms with Crippen molar-refractivity contribution in [3.05, 3.63) is 36.2 Å². The second-order valence-electron chi connectivity index (χ2n) is 4.75. The lowest BCUT2D eigenvalue weighted by molar-refractivity contribution is 0.419. The molecule has 0 radical (unpaired) electrons. The standard InChI is InChI=1S/C14H16ClN5O/c1-19-9-16-18-12(19)6-7-20-10-4-3-5-11(21-2)14(10)17-13(20)8-15/h3-5,9H,6-8H2,1-2H3. The van der Waals surface area contributed by atoms with E-state index in [4.69, 9.17) is 16.3 Å². The number of aryl methyl sites for hydroxylation is 3. The van der Waals surface area contributed by atoms with Gasteiger partial charge < -0.3 is 13.9 Å². The Kier molecular flexibility index (Phi) is 3.79. The monoisotopic (exact) mass is 305 g/mol. The van der Waals surface area contributed by atoms with Gasteiger partial charge in [-0.25, -0.2) is 4.98 Å². The molecule has 6 nitrogen and oxygen atoms in total. The van der Waals surface area contributed by atoms with Gasteiger partial charge in [0.05, 0.1) is 18.5 Å². The fraction of sp³-hybridized carbons (Fsp3) is 0.357. The number of para-hydroxylation sites is 1. The molecular weight excluding hydrogens is 290 g/mol. The van der Waals surface area contributed by atoms with E-state index in [0.717, 1.165) is 41.4 Å².